The number of halogens is 2. The van der Waals surface area contributed by atoms with Crippen LogP contribution < -0.4 is 10.6 Å². The van der Waals surface area contributed by atoms with Crippen molar-refractivity contribution in [3.05, 3.63) is 64.4 Å². The zero-order valence-corrected chi connectivity index (χ0v) is 13.0. The van der Waals surface area contributed by atoms with Crippen molar-refractivity contribution in [1.82, 2.24) is 0 Å². The van der Waals surface area contributed by atoms with E-state index in [2.05, 4.69) is 20.8 Å². The maximum Gasteiger partial charge on any atom is 0.123 e. The normalized spacial score (nSPS) is 12.2. The molecule has 0 aliphatic heterocycles. The molecule has 0 aliphatic carbocycles. The number of hydrogen-bond acceptors (Lipinski definition) is 2. The minimum Gasteiger partial charge on any atom is -0.375 e. The van der Waals surface area contributed by atoms with Gasteiger partial charge in [-0.3, -0.25) is 0 Å². The Hall–Kier alpha value is -1.39. The van der Waals surface area contributed by atoms with Crippen molar-refractivity contribution in [3.8, 4) is 0 Å². The van der Waals surface area contributed by atoms with E-state index >= 15 is 0 Å². The van der Waals surface area contributed by atoms with Crippen LogP contribution >= 0.6 is 15.9 Å². The highest BCUT2D eigenvalue weighted by molar-refractivity contribution is 9.10. The highest BCUT2D eigenvalue weighted by atomic mass is 79.9. The van der Waals surface area contributed by atoms with Crippen LogP contribution in [-0.4, -0.2) is 13.6 Å². The molecule has 2 aromatic carbocycles. The fourth-order valence-corrected chi connectivity index (χ4v) is 2.30. The first-order valence-electron chi connectivity index (χ1n) is 6.54. The summed E-state index contributed by atoms with van der Waals surface area (Å²) in [6, 6.07) is 14.6. The molecule has 2 aromatic rings. The standard InChI is InChI=1S/C16H18BrFN2/c1-20(15-8-6-14(18)7-9-15)11-10-16(19)12-2-4-13(17)5-3-12/h2-9,16H,10-11,19H2,1H3. The Morgan fingerprint density at radius 1 is 1.10 bits per heavy atom. The van der Waals surface area contributed by atoms with Crippen LogP contribution in [-0.2, 0) is 0 Å². The van der Waals surface area contributed by atoms with Crippen molar-refractivity contribution in [1.29, 1.82) is 0 Å². The topological polar surface area (TPSA) is 29.3 Å². The maximum absolute atomic E-state index is 12.9. The molecule has 2 rings (SSSR count). The molecule has 0 saturated carbocycles. The third-order valence-corrected chi connectivity index (χ3v) is 3.87. The van der Waals surface area contributed by atoms with Crippen molar-refractivity contribution in [2.45, 2.75) is 12.5 Å². The highest BCUT2D eigenvalue weighted by Crippen LogP contribution is 2.19. The summed E-state index contributed by atoms with van der Waals surface area (Å²) in [5.74, 6) is -0.214. The summed E-state index contributed by atoms with van der Waals surface area (Å²) < 4.78 is 13.9. The molecule has 2 nitrogen and oxygen atoms in total. The number of benzene rings is 2. The molecule has 20 heavy (non-hydrogen) atoms. The number of hydrogen-bond donors (Lipinski definition) is 1. The van der Waals surface area contributed by atoms with Gasteiger partial charge in [-0.1, -0.05) is 28.1 Å². The molecule has 106 valence electrons. The molecule has 0 fully saturated rings. The van der Waals surface area contributed by atoms with Crippen molar-refractivity contribution in [2.24, 2.45) is 5.73 Å². The molecular weight excluding hydrogens is 319 g/mol. The van der Waals surface area contributed by atoms with Crippen molar-refractivity contribution in [2.75, 3.05) is 18.5 Å². The van der Waals surface area contributed by atoms with E-state index in [0.717, 1.165) is 28.7 Å². The van der Waals surface area contributed by atoms with Gasteiger partial charge in [-0.2, -0.15) is 0 Å². The number of nitrogens with zero attached hydrogens (tertiary/aromatic N) is 1. The predicted molar refractivity (Wildman–Crippen MR) is 85.4 cm³/mol. The van der Waals surface area contributed by atoms with Gasteiger partial charge in [-0.15, -0.1) is 0 Å². The van der Waals surface area contributed by atoms with Crippen LogP contribution in [0.2, 0.25) is 0 Å². The fraction of sp³-hybridized carbons (Fsp3) is 0.250. The third kappa shape index (κ3) is 4.05. The summed E-state index contributed by atoms with van der Waals surface area (Å²) in [5.41, 5.74) is 8.31. The van der Waals surface area contributed by atoms with E-state index in [1.54, 1.807) is 12.1 Å². The molecule has 1 atom stereocenters. The molecule has 2 N–H and O–H groups in total. The molecule has 0 spiro atoms. The summed E-state index contributed by atoms with van der Waals surface area (Å²) in [5, 5.41) is 0. The molecule has 0 aromatic heterocycles. The highest BCUT2D eigenvalue weighted by Gasteiger charge is 2.08. The summed E-state index contributed by atoms with van der Waals surface area (Å²) in [6.45, 7) is 0.822. The largest absolute Gasteiger partial charge is 0.375 e. The Balaban J connectivity index is 1.91. The molecule has 0 radical (unpaired) electrons. The molecule has 4 heteroatoms. The summed E-state index contributed by atoms with van der Waals surface area (Å²) in [7, 11) is 1.99. The van der Waals surface area contributed by atoms with Crippen LogP contribution in [0.5, 0.6) is 0 Å². The van der Waals surface area contributed by atoms with E-state index in [1.807, 2.05) is 31.3 Å². The van der Waals surface area contributed by atoms with E-state index in [-0.39, 0.29) is 11.9 Å². The molecular formula is C16H18BrFN2. The van der Waals surface area contributed by atoms with Crippen LogP contribution in [0, 0.1) is 5.82 Å². The van der Waals surface area contributed by atoms with Crippen LogP contribution in [0.4, 0.5) is 10.1 Å². The molecule has 0 bridgehead atoms. The first-order valence-corrected chi connectivity index (χ1v) is 7.33. The first-order chi connectivity index (χ1) is 9.56. The van der Waals surface area contributed by atoms with Gasteiger partial charge in [0.05, 0.1) is 0 Å². The molecule has 0 heterocycles. The van der Waals surface area contributed by atoms with Gasteiger partial charge in [-0.05, 0) is 48.4 Å². The van der Waals surface area contributed by atoms with Crippen molar-refractivity contribution in [3.63, 3.8) is 0 Å². The van der Waals surface area contributed by atoms with Gasteiger partial charge < -0.3 is 10.6 Å². The van der Waals surface area contributed by atoms with Crippen LogP contribution in [0.3, 0.4) is 0 Å². The van der Waals surface area contributed by atoms with Crippen LogP contribution in [0.15, 0.2) is 53.0 Å². The number of anilines is 1. The van der Waals surface area contributed by atoms with E-state index in [0.29, 0.717) is 0 Å². The SMILES string of the molecule is CN(CCC(N)c1ccc(Br)cc1)c1ccc(F)cc1. The molecule has 0 saturated heterocycles. The lowest BCUT2D eigenvalue weighted by Gasteiger charge is -2.21. The number of nitrogens with two attached hydrogens (primary N) is 1. The lowest BCUT2D eigenvalue weighted by molar-refractivity contribution is 0.626. The predicted octanol–water partition coefficient (Wildman–Crippen LogP) is 4.11. The zero-order chi connectivity index (χ0) is 14.5. The van der Waals surface area contributed by atoms with E-state index in [1.165, 1.54) is 12.1 Å². The van der Waals surface area contributed by atoms with Gasteiger partial charge >= 0.3 is 0 Å². The quantitative estimate of drug-likeness (QED) is 0.889. The second-order valence-electron chi connectivity index (χ2n) is 4.84. The van der Waals surface area contributed by atoms with Crippen LogP contribution in [0.25, 0.3) is 0 Å². The minimum atomic E-state index is -0.214. The maximum atomic E-state index is 12.9. The summed E-state index contributed by atoms with van der Waals surface area (Å²) in [6.07, 6.45) is 0.843. The molecule has 0 aliphatic rings. The summed E-state index contributed by atoms with van der Waals surface area (Å²) >= 11 is 3.41. The second kappa shape index (κ2) is 6.86. The van der Waals surface area contributed by atoms with Gasteiger partial charge in [0.2, 0.25) is 0 Å². The van der Waals surface area contributed by atoms with Crippen LogP contribution in [0.1, 0.15) is 18.0 Å². The Labute approximate surface area is 127 Å². The minimum absolute atomic E-state index is 0.00555. The molecule has 0 amide bonds. The Bertz CT molecular complexity index is 488. The van der Waals surface area contributed by atoms with E-state index < -0.39 is 0 Å². The van der Waals surface area contributed by atoms with E-state index in [9.17, 15) is 4.39 Å². The van der Waals surface area contributed by atoms with Crippen molar-refractivity contribution >= 4 is 21.6 Å². The lowest BCUT2D eigenvalue weighted by Crippen LogP contribution is -2.23. The molecule has 1 unspecified atom stereocenters. The average Bonchev–Trinajstić information content (AvgIpc) is 2.46. The smallest absolute Gasteiger partial charge is 0.123 e. The zero-order valence-electron chi connectivity index (χ0n) is 11.4. The Morgan fingerprint density at radius 2 is 1.70 bits per heavy atom. The van der Waals surface area contributed by atoms with Gasteiger partial charge in [0, 0.05) is 29.8 Å². The van der Waals surface area contributed by atoms with Gasteiger partial charge in [-0.25, -0.2) is 4.39 Å². The summed E-state index contributed by atoms with van der Waals surface area (Å²) in [4.78, 5) is 2.08. The first kappa shape index (κ1) is 15.0. The second-order valence-corrected chi connectivity index (χ2v) is 5.76. The van der Waals surface area contributed by atoms with Gasteiger partial charge in [0.25, 0.3) is 0 Å². The van der Waals surface area contributed by atoms with Crippen molar-refractivity contribution < 1.29 is 4.39 Å². The Kier molecular flexibility index (Phi) is 5.15. The number of rotatable bonds is 5. The fourth-order valence-electron chi connectivity index (χ4n) is 2.03. The van der Waals surface area contributed by atoms with Gasteiger partial charge in [0.15, 0.2) is 0 Å². The Morgan fingerprint density at radius 3 is 2.30 bits per heavy atom. The van der Waals surface area contributed by atoms with Gasteiger partial charge in [0.1, 0.15) is 5.82 Å². The third-order valence-electron chi connectivity index (χ3n) is 3.34. The monoisotopic (exact) mass is 336 g/mol. The van der Waals surface area contributed by atoms with E-state index in [4.69, 9.17) is 5.73 Å². The average molecular weight is 337 g/mol. The lowest BCUT2D eigenvalue weighted by atomic mass is 10.0.